The predicted octanol–water partition coefficient (Wildman–Crippen LogP) is 1.72. The first-order chi connectivity index (χ1) is 9.20. The first-order valence-corrected chi connectivity index (χ1v) is 7.27. The number of anilines is 1. The van der Waals surface area contributed by atoms with Gasteiger partial charge >= 0.3 is 0 Å². The van der Waals surface area contributed by atoms with Crippen molar-refractivity contribution in [1.82, 2.24) is 15.2 Å². The van der Waals surface area contributed by atoms with Crippen LogP contribution in [0.25, 0.3) is 0 Å². The maximum atomic E-state index is 4.60. The molecule has 1 aromatic rings. The summed E-state index contributed by atoms with van der Waals surface area (Å²) in [6.07, 6.45) is 4.53. The van der Waals surface area contributed by atoms with Gasteiger partial charge in [0.15, 0.2) is 0 Å². The van der Waals surface area contributed by atoms with E-state index in [-0.39, 0.29) is 0 Å². The molecule has 0 aromatic carbocycles. The van der Waals surface area contributed by atoms with E-state index in [1.165, 1.54) is 24.9 Å². The minimum atomic E-state index is 0.589. The Bertz CT molecular complexity index is 376. The lowest BCUT2D eigenvalue weighted by Gasteiger charge is -2.36. The Hall–Kier alpha value is -1.13. The van der Waals surface area contributed by atoms with Gasteiger partial charge in [0.1, 0.15) is 5.82 Å². The van der Waals surface area contributed by atoms with Crippen molar-refractivity contribution in [3.63, 3.8) is 0 Å². The lowest BCUT2D eigenvalue weighted by Crippen LogP contribution is -2.45. The van der Waals surface area contributed by atoms with Gasteiger partial charge in [-0.15, -0.1) is 0 Å². The number of hydrogen-bond donors (Lipinski definition) is 1. The molecule has 0 amide bonds. The van der Waals surface area contributed by atoms with Crippen LogP contribution in [0.1, 0.15) is 25.3 Å². The fourth-order valence-corrected chi connectivity index (χ4v) is 2.64. The Morgan fingerprint density at radius 3 is 2.95 bits per heavy atom. The standard InChI is InChI=1S/C15H26N4/c1-4-16-10-13-7-8-15(17-11-13)19(3)14-6-5-9-18(2)12-14/h7-8,11,14,16H,4-6,9-10,12H2,1-3H3. The van der Waals surface area contributed by atoms with Crippen molar-refractivity contribution in [3.8, 4) is 0 Å². The van der Waals surface area contributed by atoms with Crippen LogP contribution in [0.4, 0.5) is 5.82 Å². The van der Waals surface area contributed by atoms with E-state index in [2.05, 4.69) is 53.3 Å². The van der Waals surface area contributed by atoms with E-state index in [1.807, 2.05) is 6.20 Å². The van der Waals surface area contributed by atoms with Gasteiger partial charge in [-0.1, -0.05) is 13.0 Å². The first kappa shape index (κ1) is 14.3. The number of nitrogens with zero attached hydrogens (tertiary/aromatic N) is 3. The second-order valence-electron chi connectivity index (χ2n) is 5.47. The number of rotatable bonds is 5. The van der Waals surface area contributed by atoms with Crippen LogP contribution in [0.2, 0.25) is 0 Å². The molecule has 19 heavy (non-hydrogen) atoms. The Kier molecular flexibility index (Phi) is 5.16. The summed E-state index contributed by atoms with van der Waals surface area (Å²) >= 11 is 0. The summed E-state index contributed by atoms with van der Waals surface area (Å²) in [6, 6.07) is 4.90. The van der Waals surface area contributed by atoms with E-state index in [4.69, 9.17) is 0 Å². The second kappa shape index (κ2) is 6.87. The zero-order valence-electron chi connectivity index (χ0n) is 12.4. The molecule has 1 aromatic heterocycles. The van der Waals surface area contributed by atoms with Crippen LogP contribution in [-0.4, -0.2) is 49.7 Å². The molecule has 0 saturated carbocycles. The molecule has 4 heteroatoms. The van der Waals surface area contributed by atoms with Crippen LogP contribution < -0.4 is 10.2 Å². The van der Waals surface area contributed by atoms with Gasteiger partial charge in [-0.2, -0.15) is 0 Å². The second-order valence-corrected chi connectivity index (χ2v) is 5.47. The fraction of sp³-hybridized carbons (Fsp3) is 0.667. The molecule has 1 aliphatic rings. The third-order valence-corrected chi connectivity index (χ3v) is 3.90. The molecular formula is C15H26N4. The number of likely N-dealkylation sites (N-methyl/N-ethyl adjacent to an activating group) is 2. The summed E-state index contributed by atoms with van der Waals surface area (Å²) in [5.74, 6) is 1.08. The summed E-state index contributed by atoms with van der Waals surface area (Å²) < 4.78 is 0. The zero-order chi connectivity index (χ0) is 13.7. The summed E-state index contributed by atoms with van der Waals surface area (Å²) in [4.78, 5) is 9.33. The van der Waals surface area contributed by atoms with Crippen molar-refractivity contribution in [1.29, 1.82) is 0 Å². The Morgan fingerprint density at radius 1 is 1.47 bits per heavy atom. The summed E-state index contributed by atoms with van der Waals surface area (Å²) in [6.45, 7) is 6.38. The molecule has 1 N–H and O–H groups in total. The predicted molar refractivity (Wildman–Crippen MR) is 80.5 cm³/mol. The lowest BCUT2D eigenvalue weighted by atomic mass is 10.1. The largest absolute Gasteiger partial charge is 0.355 e. The van der Waals surface area contributed by atoms with Crippen LogP contribution in [0.15, 0.2) is 18.3 Å². The van der Waals surface area contributed by atoms with Gasteiger partial charge in [0.2, 0.25) is 0 Å². The minimum Gasteiger partial charge on any atom is -0.355 e. The van der Waals surface area contributed by atoms with Gasteiger partial charge in [-0.3, -0.25) is 0 Å². The van der Waals surface area contributed by atoms with Crippen LogP contribution in [0, 0.1) is 0 Å². The highest BCUT2D eigenvalue weighted by molar-refractivity contribution is 5.39. The van der Waals surface area contributed by atoms with E-state index in [0.717, 1.165) is 25.5 Å². The van der Waals surface area contributed by atoms with Crippen molar-refractivity contribution >= 4 is 5.82 Å². The van der Waals surface area contributed by atoms with Crippen molar-refractivity contribution in [3.05, 3.63) is 23.9 Å². The van der Waals surface area contributed by atoms with Crippen molar-refractivity contribution in [2.75, 3.05) is 38.6 Å². The molecule has 0 radical (unpaired) electrons. The molecule has 0 spiro atoms. The molecule has 4 nitrogen and oxygen atoms in total. The van der Waals surface area contributed by atoms with Gasteiger partial charge in [-0.05, 0) is 44.6 Å². The average Bonchev–Trinajstić information content (AvgIpc) is 2.45. The van der Waals surface area contributed by atoms with Crippen LogP contribution in [-0.2, 0) is 6.54 Å². The van der Waals surface area contributed by atoms with Gasteiger partial charge in [0.05, 0.1) is 0 Å². The Labute approximate surface area is 116 Å². The summed E-state index contributed by atoms with van der Waals surface area (Å²) in [5.41, 5.74) is 1.25. The molecule has 2 heterocycles. The zero-order valence-corrected chi connectivity index (χ0v) is 12.4. The number of pyridine rings is 1. The molecule has 0 aliphatic carbocycles. The molecule has 1 unspecified atom stereocenters. The van der Waals surface area contributed by atoms with Crippen molar-refractivity contribution in [2.24, 2.45) is 0 Å². The Morgan fingerprint density at radius 2 is 2.32 bits per heavy atom. The first-order valence-electron chi connectivity index (χ1n) is 7.27. The summed E-state index contributed by atoms with van der Waals surface area (Å²) in [7, 11) is 4.36. The smallest absolute Gasteiger partial charge is 0.128 e. The van der Waals surface area contributed by atoms with Crippen molar-refractivity contribution < 1.29 is 0 Å². The number of aromatic nitrogens is 1. The molecule has 106 valence electrons. The number of nitrogens with one attached hydrogen (secondary N) is 1. The lowest BCUT2D eigenvalue weighted by molar-refractivity contribution is 0.247. The third-order valence-electron chi connectivity index (χ3n) is 3.90. The maximum Gasteiger partial charge on any atom is 0.128 e. The molecule has 1 saturated heterocycles. The van der Waals surface area contributed by atoms with Gasteiger partial charge in [0, 0.05) is 32.4 Å². The quantitative estimate of drug-likeness (QED) is 0.875. The van der Waals surface area contributed by atoms with Crippen LogP contribution in [0.3, 0.4) is 0 Å². The van der Waals surface area contributed by atoms with Crippen molar-refractivity contribution in [2.45, 2.75) is 32.4 Å². The van der Waals surface area contributed by atoms with Gasteiger partial charge in [0.25, 0.3) is 0 Å². The highest BCUT2D eigenvalue weighted by Crippen LogP contribution is 2.19. The fourth-order valence-electron chi connectivity index (χ4n) is 2.64. The molecule has 2 rings (SSSR count). The Balaban J connectivity index is 1.96. The highest BCUT2D eigenvalue weighted by atomic mass is 15.2. The number of hydrogen-bond acceptors (Lipinski definition) is 4. The van der Waals surface area contributed by atoms with E-state index >= 15 is 0 Å². The SMILES string of the molecule is CCNCc1ccc(N(C)C2CCCN(C)C2)nc1. The van der Waals surface area contributed by atoms with E-state index < -0.39 is 0 Å². The van der Waals surface area contributed by atoms with E-state index in [9.17, 15) is 0 Å². The highest BCUT2D eigenvalue weighted by Gasteiger charge is 2.21. The number of piperidine rings is 1. The normalized spacial score (nSPS) is 20.5. The van der Waals surface area contributed by atoms with Crippen LogP contribution in [0.5, 0.6) is 0 Å². The van der Waals surface area contributed by atoms with Gasteiger partial charge < -0.3 is 15.1 Å². The average molecular weight is 262 g/mol. The topological polar surface area (TPSA) is 31.4 Å². The minimum absolute atomic E-state index is 0.589. The molecule has 1 aliphatic heterocycles. The van der Waals surface area contributed by atoms with E-state index in [1.54, 1.807) is 0 Å². The monoisotopic (exact) mass is 262 g/mol. The molecule has 1 atom stereocenters. The third kappa shape index (κ3) is 3.91. The summed E-state index contributed by atoms with van der Waals surface area (Å²) in [5, 5.41) is 3.32. The molecule has 0 bridgehead atoms. The molecular weight excluding hydrogens is 236 g/mol. The van der Waals surface area contributed by atoms with Gasteiger partial charge in [-0.25, -0.2) is 4.98 Å². The maximum absolute atomic E-state index is 4.60. The molecule has 1 fully saturated rings. The number of likely N-dealkylation sites (tertiary alicyclic amines) is 1. The van der Waals surface area contributed by atoms with E-state index in [0.29, 0.717) is 6.04 Å². The van der Waals surface area contributed by atoms with Crippen LogP contribution >= 0.6 is 0 Å².